The first-order valence-electron chi connectivity index (χ1n) is 7.55. The lowest BCUT2D eigenvalue weighted by molar-refractivity contribution is -0.384. The smallest absolute Gasteiger partial charge is 0.269 e. The highest BCUT2D eigenvalue weighted by Crippen LogP contribution is 2.20. The molecule has 0 spiro atoms. The molecule has 6 heteroatoms. The summed E-state index contributed by atoms with van der Waals surface area (Å²) in [5, 5.41) is 13.2. The number of carbonyl (C=O) groups excluding carboxylic acids is 1. The van der Waals surface area contributed by atoms with Crippen molar-refractivity contribution in [1.82, 2.24) is 0 Å². The van der Waals surface area contributed by atoms with Crippen molar-refractivity contribution in [1.29, 1.82) is 0 Å². The van der Waals surface area contributed by atoms with Crippen LogP contribution >= 0.6 is 0 Å². The predicted octanol–water partition coefficient (Wildman–Crippen LogP) is 4.04. The molecule has 6 nitrogen and oxygen atoms in total. The number of nitrogens with one attached hydrogen (secondary N) is 1. The lowest BCUT2D eigenvalue weighted by Crippen LogP contribution is -2.07. The van der Waals surface area contributed by atoms with Crippen molar-refractivity contribution < 1.29 is 14.5 Å². The molecule has 2 aromatic carbocycles. The second-order valence-electron chi connectivity index (χ2n) is 5.01. The monoisotopic (exact) mass is 326 g/mol. The minimum atomic E-state index is -0.487. The van der Waals surface area contributed by atoms with Crippen molar-refractivity contribution >= 4 is 23.4 Å². The normalized spacial score (nSPS) is 10.5. The molecule has 1 N–H and O–H groups in total. The van der Waals surface area contributed by atoms with E-state index in [1.165, 1.54) is 30.3 Å². The quantitative estimate of drug-likeness (QED) is 0.473. The van der Waals surface area contributed by atoms with Gasteiger partial charge in [-0.05, 0) is 30.7 Å². The average Bonchev–Trinajstić information content (AvgIpc) is 2.59. The van der Waals surface area contributed by atoms with Crippen LogP contribution in [0.15, 0.2) is 54.6 Å². The minimum absolute atomic E-state index is 0.0226. The zero-order chi connectivity index (χ0) is 17.4. The van der Waals surface area contributed by atoms with Gasteiger partial charge < -0.3 is 10.1 Å². The van der Waals surface area contributed by atoms with Gasteiger partial charge in [-0.25, -0.2) is 0 Å². The minimum Gasteiger partial charge on any atom is -0.493 e. The number of nitro groups is 1. The Kier molecular flexibility index (Phi) is 6.08. The van der Waals surface area contributed by atoms with E-state index in [2.05, 4.69) is 5.32 Å². The number of benzene rings is 2. The molecule has 0 saturated carbocycles. The fourth-order valence-electron chi connectivity index (χ4n) is 1.98. The van der Waals surface area contributed by atoms with Gasteiger partial charge in [-0.2, -0.15) is 0 Å². The number of non-ortho nitro benzene ring substituents is 1. The van der Waals surface area contributed by atoms with Crippen LogP contribution in [0.5, 0.6) is 5.75 Å². The molecule has 0 radical (unpaired) electrons. The van der Waals surface area contributed by atoms with Gasteiger partial charge in [-0.3, -0.25) is 14.9 Å². The Hall–Kier alpha value is -3.15. The van der Waals surface area contributed by atoms with Gasteiger partial charge in [0.15, 0.2) is 0 Å². The Bertz CT molecular complexity index is 739. The molecule has 1 amide bonds. The highest BCUT2D eigenvalue weighted by molar-refractivity contribution is 6.02. The predicted molar refractivity (Wildman–Crippen MR) is 93.0 cm³/mol. The number of hydrogen-bond acceptors (Lipinski definition) is 4. The van der Waals surface area contributed by atoms with Gasteiger partial charge >= 0.3 is 0 Å². The van der Waals surface area contributed by atoms with Gasteiger partial charge in [0.2, 0.25) is 5.91 Å². The summed E-state index contributed by atoms with van der Waals surface area (Å²) < 4.78 is 5.63. The SMILES string of the molecule is CCCOc1ccccc1/C=C/C(=O)Nc1ccc([N+](=O)[O-])cc1. The van der Waals surface area contributed by atoms with E-state index in [1.54, 1.807) is 6.08 Å². The molecule has 0 saturated heterocycles. The molecule has 0 aliphatic carbocycles. The first-order valence-corrected chi connectivity index (χ1v) is 7.55. The van der Waals surface area contributed by atoms with Gasteiger partial charge in [0.25, 0.3) is 5.69 Å². The van der Waals surface area contributed by atoms with Gasteiger partial charge in [0.05, 0.1) is 11.5 Å². The molecule has 0 fully saturated rings. The third-order valence-corrected chi connectivity index (χ3v) is 3.14. The van der Waals surface area contributed by atoms with E-state index in [9.17, 15) is 14.9 Å². The Morgan fingerprint density at radius 3 is 2.58 bits per heavy atom. The first kappa shape index (κ1) is 17.2. The summed E-state index contributed by atoms with van der Waals surface area (Å²) >= 11 is 0. The number of rotatable bonds is 7. The highest BCUT2D eigenvalue weighted by atomic mass is 16.6. The zero-order valence-corrected chi connectivity index (χ0v) is 13.3. The topological polar surface area (TPSA) is 81.5 Å². The van der Waals surface area contributed by atoms with E-state index in [4.69, 9.17) is 4.74 Å². The Morgan fingerprint density at radius 2 is 1.92 bits per heavy atom. The van der Waals surface area contributed by atoms with E-state index in [-0.39, 0.29) is 11.6 Å². The maximum atomic E-state index is 12.0. The van der Waals surface area contributed by atoms with Crippen molar-refractivity contribution in [3.05, 3.63) is 70.3 Å². The average molecular weight is 326 g/mol. The summed E-state index contributed by atoms with van der Waals surface area (Å²) in [7, 11) is 0. The van der Waals surface area contributed by atoms with Crippen LogP contribution in [0.25, 0.3) is 6.08 Å². The number of ether oxygens (including phenoxy) is 1. The van der Waals surface area contributed by atoms with Crippen LogP contribution in [0.3, 0.4) is 0 Å². The summed E-state index contributed by atoms with van der Waals surface area (Å²) in [5.41, 5.74) is 1.28. The number of hydrogen-bond donors (Lipinski definition) is 1. The molecule has 0 unspecified atom stereocenters. The van der Waals surface area contributed by atoms with Crippen LogP contribution in [0.1, 0.15) is 18.9 Å². The van der Waals surface area contributed by atoms with E-state index >= 15 is 0 Å². The van der Waals surface area contributed by atoms with Crippen LogP contribution in [-0.4, -0.2) is 17.4 Å². The van der Waals surface area contributed by atoms with E-state index in [1.807, 2.05) is 31.2 Å². The largest absolute Gasteiger partial charge is 0.493 e. The van der Waals surface area contributed by atoms with E-state index in [0.717, 1.165) is 17.7 Å². The molecule has 2 aromatic rings. The molecule has 0 heterocycles. The zero-order valence-electron chi connectivity index (χ0n) is 13.3. The van der Waals surface area contributed by atoms with Crippen molar-refractivity contribution in [2.24, 2.45) is 0 Å². The molecule has 2 rings (SSSR count). The van der Waals surface area contributed by atoms with E-state index in [0.29, 0.717) is 12.3 Å². The number of anilines is 1. The summed E-state index contributed by atoms with van der Waals surface area (Å²) in [6, 6.07) is 13.1. The fraction of sp³-hybridized carbons (Fsp3) is 0.167. The van der Waals surface area contributed by atoms with Gasteiger partial charge in [0.1, 0.15) is 5.75 Å². The molecular weight excluding hydrogens is 308 g/mol. The summed E-state index contributed by atoms with van der Waals surface area (Å²) in [4.78, 5) is 22.1. The van der Waals surface area contributed by atoms with Crippen LogP contribution in [0, 0.1) is 10.1 Å². The van der Waals surface area contributed by atoms with Gasteiger partial charge in [0, 0.05) is 29.5 Å². The van der Waals surface area contributed by atoms with E-state index < -0.39 is 4.92 Å². The highest BCUT2D eigenvalue weighted by Gasteiger charge is 2.05. The Morgan fingerprint density at radius 1 is 1.21 bits per heavy atom. The standard InChI is InChI=1S/C18H18N2O4/c1-2-13-24-17-6-4-3-5-14(17)7-12-18(21)19-15-8-10-16(11-9-15)20(22)23/h3-12H,2,13H2,1H3,(H,19,21)/b12-7+. The number of amides is 1. The summed E-state index contributed by atoms with van der Waals surface area (Å²) in [5.74, 6) is 0.396. The molecule has 0 atom stereocenters. The number of nitro benzene ring substituents is 1. The number of carbonyl (C=O) groups is 1. The second-order valence-corrected chi connectivity index (χ2v) is 5.01. The second kappa shape index (κ2) is 8.47. The lowest BCUT2D eigenvalue weighted by atomic mass is 10.2. The molecule has 24 heavy (non-hydrogen) atoms. The molecule has 0 bridgehead atoms. The number of para-hydroxylation sites is 1. The Balaban J connectivity index is 2.01. The van der Waals surface area contributed by atoms with Crippen molar-refractivity contribution in [2.45, 2.75) is 13.3 Å². The van der Waals surface area contributed by atoms with Crippen LogP contribution in [0.4, 0.5) is 11.4 Å². The number of nitrogens with zero attached hydrogens (tertiary/aromatic N) is 1. The Labute approximate surface area is 139 Å². The lowest BCUT2D eigenvalue weighted by Gasteiger charge is -2.07. The summed E-state index contributed by atoms with van der Waals surface area (Å²) in [6.45, 7) is 2.63. The molecular formula is C18H18N2O4. The van der Waals surface area contributed by atoms with Gasteiger partial charge in [-0.1, -0.05) is 25.1 Å². The molecule has 0 aromatic heterocycles. The van der Waals surface area contributed by atoms with Crippen molar-refractivity contribution in [2.75, 3.05) is 11.9 Å². The van der Waals surface area contributed by atoms with Crippen LogP contribution in [0.2, 0.25) is 0 Å². The first-order chi connectivity index (χ1) is 11.6. The van der Waals surface area contributed by atoms with Crippen LogP contribution < -0.4 is 10.1 Å². The van der Waals surface area contributed by atoms with Crippen LogP contribution in [-0.2, 0) is 4.79 Å². The molecule has 0 aliphatic heterocycles. The third kappa shape index (κ3) is 4.95. The maximum absolute atomic E-state index is 12.0. The summed E-state index contributed by atoms with van der Waals surface area (Å²) in [6.07, 6.45) is 3.97. The fourth-order valence-corrected chi connectivity index (χ4v) is 1.98. The van der Waals surface area contributed by atoms with Crippen molar-refractivity contribution in [3.63, 3.8) is 0 Å². The molecule has 0 aliphatic rings. The van der Waals surface area contributed by atoms with Crippen molar-refractivity contribution in [3.8, 4) is 5.75 Å². The third-order valence-electron chi connectivity index (χ3n) is 3.14. The maximum Gasteiger partial charge on any atom is 0.269 e. The molecule has 124 valence electrons. The van der Waals surface area contributed by atoms with Gasteiger partial charge in [-0.15, -0.1) is 0 Å².